The number of hydrogen-bond acceptors (Lipinski definition) is 4. The number of aromatic nitrogens is 4. The molecule has 0 aliphatic rings. The third-order valence-corrected chi connectivity index (χ3v) is 3.65. The summed E-state index contributed by atoms with van der Waals surface area (Å²) in [4.78, 5) is 24.7. The smallest absolute Gasteiger partial charge is 0.256 e. The van der Waals surface area contributed by atoms with Crippen LogP contribution in [-0.4, -0.2) is 37.8 Å². The number of aromatic amines is 1. The van der Waals surface area contributed by atoms with Gasteiger partial charge in [0, 0.05) is 13.1 Å². The Bertz CT molecular complexity index is 680. The molecule has 2 aromatic heterocycles. The summed E-state index contributed by atoms with van der Waals surface area (Å²) in [5.74, 6) is -0.0700. The quantitative estimate of drug-likeness (QED) is 0.743. The summed E-state index contributed by atoms with van der Waals surface area (Å²) in [5.41, 5.74) is 0.234. The molecule has 3 N–H and O–H groups in total. The molecule has 0 aliphatic carbocycles. The molecule has 0 saturated carbocycles. The van der Waals surface area contributed by atoms with Crippen LogP contribution in [-0.2, 0) is 11.8 Å². The van der Waals surface area contributed by atoms with Gasteiger partial charge in [0.25, 0.3) is 5.91 Å². The van der Waals surface area contributed by atoms with Gasteiger partial charge in [-0.15, -0.1) is 0 Å². The van der Waals surface area contributed by atoms with E-state index in [2.05, 4.69) is 25.9 Å². The fourth-order valence-corrected chi connectivity index (χ4v) is 2.24. The minimum Gasteiger partial charge on any atom is -0.340 e. The normalized spacial score (nSPS) is 12.2. The second kappa shape index (κ2) is 7.28. The van der Waals surface area contributed by atoms with E-state index in [0.717, 1.165) is 0 Å². The van der Waals surface area contributed by atoms with E-state index < -0.39 is 11.9 Å². The molecular formula is C14H19ClN6O2. The second-order valence-corrected chi connectivity index (χ2v) is 5.95. The average molecular weight is 339 g/mol. The van der Waals surface area contributed by atoms with Gasteiger partial charge in [-0.3, -0.25) is 19.4 Å². The maximum absolute atomic E-state index is 12.4. The van der Waals surface area contributed by atoms with Crippen LogP contribution in [0.3, 0.4) is 0 Å². The summed E-state index contributed by atoms with van der Waals surface area (Å²) < 4.78 is 1.39. The van der Waals surface area contributed by atoms with Crippen molar-refractivity contribution < 1.29 is 9.59 Å². The van der Waals surface area contributed by atoms with Gasteiger partial charge in [0.2, 0.25) is 5.91 Å². The Hall–Kier alpha value is -2.35. The molecule has 1 unspecified atom stereocenters. The molecule has 2 rings (SSSR count). The van der Waals surface area contributed by atoms with Crippen LogP contribution in [0.2, 0.25) is 5.15 Å². The van der Waals surface area contributed by atoms with Crippen molar-refractivity contribution in [1.82, 2.24) is 25.3 Å². The predicted octanol–water partition coefficient (Wildman–Crippen LogP) is 1.58. The van der Waals surface area contributed by atoms with Gasteiger partial charge in [-0.2, -0.15) is 10.2 Å². The first-order chi connectivity index (χ1) is 10.9. The van der Waals surface area contributed by atoms with Crippen LogP contribution >= 0.6 is 11.6 Å². The van der Waals surface area contributed by atoms with Crippen molar-refractivity contribution in [1.29, 1.82) is 0 Å². The first-order valence-electron chi connectivity index (χ1n) is 7.17. The number of anilines is 1. The minimum absolute atomic E-state index is 0.220. The number of aryl methyl sites for hydroxylation is 1. The van der Waals surface area contributed by atoms with E-state index in [1.807, 2.05) is 13.8 Å². The molecule has 9 heteroatoms. The van der Waals surface area contributed by atoms with E-state index in [1.165, 1.54) is 17.1 Å². The highest BCUT2D eigenvalue weighted by atomic mass is 35.5. The summed E-state index contributed by atoms with van der Waals surface area (Å²) >= 11 is 6.01. The Labute approximate surface area is 138 Å². The zero-order valence-electron chi connectivity index (χ0n) is 13.1. The van der Waals surface area contributed by atoms with Gasteiger partial charge >= 0.3 is 0 Å². The molecule has 23 heavy (non-hydrogen) atoms. The van der Waals surface area contributed by atoms with Gasteiger partial charge in [0.05, 0.1) is 18.0 Å². The number of rotatable bonds is 6. The van der Waals surface area contributed by atoms with Crippen LogP contribution in [0.15, 0.2) is 18.5 Å². The molecule has 8 nitrogen and oxygen atoms in total. The summed E-state index contributed by atoms with van der Waals surface area (Å²) in [5, 5.41) is 15.9. The van der Waals surface area contributed by atoms with Crippen molar-refractivity contribution in [2.45, 2.75) is 26.3 Å². The van der Waals surface area contributed by atoms with Crippen LogP contribution in [0.5, 0.6) is 0 Å². The predicted molar refractivity (Wildman–Crippen MR) is 86.1 cm³/mol. The number of carbonyl (C=O) groups excluding carboxylic acids is 2. The zero-order chi connectivity index (χ0) is 17.0. The van der Waals surface area contributed by atoms with Gasteiger partial charge in [-0.1, -0.05) is 25.4 Å². The Kier molecular flexibility index (Phi) is 5.38. The molecule has 0 saturated heterocycles. The third-order valence-electron chi connectivity index (χ3n) is 3.20. The van der Waals surface area contributed by atoms with E-state index in [4.69, 9.17) is 11.6 Å². The van der Waals surface area contributed by atoms with Gasteiger partial charge in [0.1, 0.15) is 17.0 Å². The maximum Gasteiger partial charge on any atom is 0.256 e. The number of carbonyl (C=O) groups is 2. The molecule has 0 spiro atoms. The highest BCUT2D eigenvalue weighted by Crippen LogP contribution is 2.15. The number of amides is 2. The molecule has 124 valence electrons. The van der Waals surface area contributed by atoms with Crippen molar-refractivity contribution in [3.05, 3.63) is 29.2 Å². The van der Waals surface area contributed by atoms with Gasteiger partial charge in [-0.25, -0.2) is 0 Å². The molecule has 0 aromatic carbocycles. The van der Waals surface area contributed by atoms with Crippen molar-refractivity contribution in [2.24, 2.45) is 13.0 Å². The topological polar surface area (TPSA) is 105 Å². The maximum atomic E-state index is 12.4. The molecule has 2 aromatic rings. The van der Waals surface area contributed by atoms with Crippen LogP contribution < -0.4 is 10.6 Å². The summed E-state index contributed by atoms with van der Waals surface area (Å²) in [6.07, 6.45) is 3.39. The van der Waals surface area contributed by atoms with E-state index in [1.54, 1.807) is 13.1 Å². The van der Waals surface area contributed by atoms with E-state index >= 15 is 0 Å². The number of nitrogens with one attached hydrogen (secondary N) is 3. The van der Waals surface area contributed by atoms with Crippen LogP contribution in [0, 0.1) is 5.92 Å². The Balaban J connectivity index is 2.10. The number of nitrogens with zero attached hydrogens (tertiary/aromatic N) is 3. The first kappa shape index (κ1) is 17.0. The fourth-order valence-electron chi connectivity index (χ4n) is 2.06. The third kappa shape index (κ3) is 4.32. The van der Waals surface area contributed by atoms with Crippen molar-refractivity contribution >= 4 is 29.2 Å². The highest BCUT2D eigenvalue weighted by Gasteiger charge is 2.25. The summed E-state index contributed by atoms with van der Waals surface area (Å²) in [7, 11) is 1.63. The molecule has 0 aliphatic heterocycles. The van der Waals surface area contributed by atoms with Crippen molar-refractivity contribution in [2.75, 3.05) is 5.32 Å². The molecule has 0 bridgehead atoms. The van der Waals surface area contributed by atoms with Gasteiger partial charge in [-0.05, 0) is 12.3 Å². The number of halogens is 1. The first-order valence-corrected chi connectivity index (χ1v) is 7.55. The van der Waals surface area contributed by atoms with Gasteiger partial charge < -0.3 is 10.6 Å². The molecular weight excluding hydrogens is 320 g/mol. The van der Waals surface area contributed by atoms with E-state index in [-0.39, 0.29) is 22.5 Å². The van der Waals surface area contributed by atoms with Gasteiger partial charge in [0.15, 0.2) is 0 Å². The monoisotopic (exact) mass is 338 g/mol. The lowest BCUT2D eigenvalue weighted by molar-refractivity contribution is -0.118. The molecule has 0 fully saturated rings. The van der Waals surface area contributed by atoms with E-state index in [0.29, 0.717) is 12.2 Å². The van der Waals surface area contributed by atoms with Crippen LogP contribution in [0.4, 0.5) is 5.82 Å². The molecule has 2 heterocycles. The lowest BCUT2D eigenvalue weighted by atomic mass is 10.0. The largest absolute Gasteiger partial charge is 0.340 e. The molecule has 2 amide bonds. The Morgan fingerprint density at radius 3 is 2.70 bits per heavy atom. The lowest BCUT2D eigenvalue weighted by Crippen LogP contribution is -2.44. The Morgan fingerprint density at radius 2 is 2.17 bits per heavy atom. The summed E-state index contributed by atoms with van der Waals surface area (Å²) in [6, 6.07) is 0.937. The SMILES string of the molecule is CC(C)CC(NC(=O)c1cnn(C)c1Cl)C(=O)Nc1ccn[nH]1. The van der Waals surface area contributed by atoms with E-state index in [9.17, 15) is 9.59 Å². The number of H-pyrrole nitrogens is 1. The fraction of sp³-hybridized carbons (Fsp3) is 0.429. The molecule has 0 radical (unpaired) electrons. The lowest BCUT2D eigenvalue weighted by Gasteiger charge is -2.19. The highest BCUT2D eigenvalue weighted by molar-refractivity contribution is 6.32. The second-order valence-electron chi connectivity index (χ2n) is 5.59. The zero-order valence-corrected chi connectivity index (χ0v) is 13.9. The van der Waals surface area contributed by atoms with Crippen molar-refractivity contribution in [3.63, 3.8) is 0 Å². The standard InChI is InChI=1S/C14H19ClN6O2/c1-8(2)6-10(14(23)19-11-4-5-16-20-11)18-13(22)9-7-17-21(3)12(9)15/h4-5,7-8,10H,6H2,1-3H3,(H,18,22)(H2,16,19,20,23). The minimum atomic E-state index is -0.693. The van der Waals surface area contributed by atoms with Crippen molar-refractivity contribution in [3.8, 4) is 0 Å². The molecule has 1 atom stereocenters. The van der Waals surface area contributed by atoms with Crippen LogP contribution in [0.1, 0.15) is 30.6 Å². The number of hydrogen-bond donors (Lipinski definition) is 3. The van der Waals surface area contributed by atoms with Crippen LogP contribution in [0.25, 0.3) is 0 Å². The Morgan fingerprint density at radius 1 is 1.43 bits per heavy atom. The summed E-state index contributed by atoms with van der Waals surface area (Å²) in [6.45, 7) is 3.94. The average Bonchev–Trinajstić information content (AvgIpc) is 3.09.